The third kappa shape index (κ3) is 3.56. The van der Waals surface area contributed by atoms with Gasteiger partial charge in [0.2, 0.25) is 0 Å². The summed E-state index contributed by atoms with van der Waals surface area (Å²) in [4.78, 5) is 16.1. The van der Waals surface area contributed by atoms with Crippen LogP contribution in [0.2, 0.25) is 0 Å². The Bertz CT molecular complexity index is 1280. The number of aromatic nitrogens is 1. The highest BCUT2D eigenvalue weighted by Gasteiger charge is 2.09. The molecule has 0 aliphatic carbocycles. The van der Waals surface area contributed by atoms with Gasteiger partial charge in [-0.05, 0) is 24.6 Å². The zero-order chi connectivity index (χ0) is 19.5. The fourth-order valence-electron chi connectivity index (χ4n) is 2.85. The van der Waals surface area contributed by atoms with Crippen molar-refractivity contribution in [2.24, 2.45) is 0 Å². The molecule has 2 heterocycles. The first kappa shape index (κ1) is 17.7. The van der Waals surface area contributed by atoms with Gasteiger partial charge < -0.3 is 9.73 Å². The van der Waals surface area contributed by atoms with Crippen molar-refractivity contribution in [1.29, 1.82) is 5.26 Å². The summed E-state index contributed by atoms with van der Waals surface area (Å²) in [6.45, 7) is 1.87. The molecule has 0 unspecified atom stereocenters. The number of rotatable bonds is 4. The molecule has 136 valence electrons. The molecule has 1 N–H and O–H groups in total. The number of hydrogen-bond donors (Lipinski definition) is 1. The molecule has 4 rings (SSSR count). The molecule has 0 radical (unpaired) electrons. The summed E-state index contributed by atoms with van der Waals surface area (Å²) in [6.07, 6.45) is 1.61. The van der Waals surface area contributed by atoms with Crippen molar-refractivity contribution in [3.8, 4) is 17.3 Å². The van der Waals surface area contributed by atoms with Crippen molar-refractivity contribution in [2.45, 2.75) is 6.92 Å². The standard InChI is InChI=1S/C22H15N3O2S/c1-14-9-21(26)27-20-10-17(7-8-18(14)20)24-12-16(11-23)22-25-19(13-28-22)15-5-3-2-4-6-15/h2-10,12-13,24H,1H3/b16-12+. The third-order valence-electron chi connectivity index (χ3n) is 4.26. The average Bonchev–Trinajstić information content (AvgIpc) is 3.19. The summed E-state index contributed by atoms with van der Waals surface area (Å²) in [7, 11) is 0. The van der Waals surface area contributed by atoms with E-state index in [-0.39, 0.29) is 5.63 Å². The molecular formula is C22H15N3O2S. The molecule has 6 heteroatoms. The van der Waals surface area contributed by atoms with Gasteiger partial charge in [0.1, 0.15) is 22.2 Å². The van der Waals surface area contributed by atoms with E-state index in [1.807, 2.05) is 54.8 Å². The third-order valence-corrected chi connectivity index (χ3v) is 5.13. The largest absolute Gasteiger partial charge is 0.423 e. The topological polar surface area (TPSA) is 78.9 Å². The maximum absolute atomic E-state index is 11.6. The van der Waals surface area contributed by atoms with Crippen LogP contribution in [0.1, 0.15) is 10.6 Å². The fourth-order valence-corrected chi connectivity index (χ4v) is 3.65. The fraction of sp³-hybridized carbons (Fsp3) is 0.0455. The molecular weight excluding hydrogens is 370 g/mol. The molecule has 0 saturated carbocycles. The summed E-state index contributed by atoms with van der Waals surface area (Å²) in [5.41, 5.74) is 3.98. The van der Waals surface area contributed by atoms with Gasteiger partial charge in [0.25, 0.3) is 0 Å². The Balaban J connectivity index is 1.61. The number of aryl methyl sites for hydroxylation is 1. The summed E-state index contributed by atoms with van der Waals surface area (Å²) in [5.74, 6) is 0. The number of allylic oxidation sites excluding steroid dienone is 1. The highest BCUT2D eigenvalue weighted by atomic mass is 32.1. The molecule has 0 aliphatic heterocycles. The highest BCUT2D eigenvalue weighted by Crippen LogP contribution is 2.26. The molecule has 2 aromatic heterocycles. The quantitative estimate of drug-likeness (QED) is 0.386. The maximum Gasteiger partial charge on any atom is 0.336 e. The molecule has 0 spiro atoms. The lowest BCUT2D eigenvalue weighted by Gasteiger charge is -2.05. The van der Waals surface area contributed by atoms with Gasteiger partial charge in [0.15, 0.2) is 0 Å². The monoisotopic (exact) mass is 385 g/mol. The Morgan fingerprint density at radius 1 is 1.21 bits per heavy atom. The average molecular weight is 385 g/mol. The smallest absolute Gasteiger partial charge is 0.336 e. The van der Waals surface area contributed by atoms with E-state index in [4.69, 9.17) is 4.42 Å². The van der Waals surface area contributed by atoms with Crippen LogP contribution in [-0.4, -0.2) is 4.98 Å². The molecule has 0 amide bonds. The normalized spacial score (nSPS) is 11.4. The Kier molecular flexibility index (Phi) is 4.75. The van der Waals surface area contributed by atoms with E-state index < -0.39 is 0 Å². The second-order valence-electron chi connectivity index (χ2n) is 6.18. The summed E-state index contributed by atoms with van der Waals surface area (Å²) < 4.78 is 5.26. The number of anilines is 1. The van der Waals surface area contributed by atoms with Crippen LogP contribution in [-0.2, 0) is 0 Å². The Hall–Kier alpha value is -3.69. The van der Waals surface area contributed by atoms with Crippen molar-refractivity contribution in [3.63, 3.8) is 0 Å². The first-order chi connectivity index (χ1) is 13.6. The zero-order valence-corrected chi connectivity index (χ0v) is 15.8. The van der Waals surface area contributed by atoms with E-state index in [9.17, 15) is 10.1 Å². The minimum atomic E-state index is -0.383. The van der Waals surface area contributed by atoms with Gasteiger partial charge in [-0.15, -0.1) is 11.3 Å². The van der Waals surface area contributed by atoms with Crippen LogP contribution in [0.4, 0.5) is 5.69 Å². The van der Waals surface area contributed by atoms with E-state index in [0.29, 0.717) is 21.9 Å². The molecule has 0 saturated heterocycles. The van der Waals surface area contributed by atoms with E-state index in [1.165, 1.54) is 17.4 Å². The van der Waals surface area contributed by atoms with Gasteiger partial charge in [0.05, 0.1) is 5.69 Å². The lowest BCUT2D eigenvalue weighted by molar-refractivity contribution is 0.560. The molecule has 2 aromatic carbocycles. The second kappa shape index (κ2) is 7.51. The van der Waals surface area contributed by atoms with Crippen molar-refractivity contribution in [1.82, 2.24) is 4.98 Å². The number of nitrogens with one attached hydrogen (secondary N) is 1. The zero-order valence-electron chi connectivity index (χ0n) is 15.0. The first-order valence-electron chi connectivity index (χ1n) is 8.57. The van der Waals surface area contributed by atoms with E-state index in [1.54, 1.807) is 12.3 Å². The van der Waals surface area contributed by atoms with Crippen LogP contribution in [0.5, 0.6) is 0 Å². The van der Waals surface area contributed by atoms with Crippen LogP contribution < -0.4 is 10.9 Å². The number of thiazole rings is 1. The number of nitriles is 1. The summed E-state index contributed by atoms with van der Waals surface area (Å²) in [6, 6.07) is 19.0. The van der Waals surface area contributed by atoms with E-state index >= 15 is 0 Å². The van der Waals surface area contributed by atoms with Crippen molar-refractivity contribution in [3.05, 3.63) is 87.2 Å². The summed E-state index contributed by atoms with van der Waals surface area (Å²) in [5, 5.41) is 16.1. The molecule has 5 nitrogen and oxygen atoms in total. The van der Waals surface area contributed by atoms with Crippen LogP contribution >= 0.6 is 11.3 Å². The minimum Gasteiger partial charge on any atom is -0.423 e. The van der Waals surface area contributed by atoms with Crippen LogP contribution in [0.3, 0.4) is 0 Å². The SMILES string of the molecule is Cc1cc(=O)oc2cc(N/C=C(\C#N)c3nc(-c4ccccc4)cs3)ccc12. The van der Waals surface area contributed by atoms with Gasteiger partial charge in [-0.3, -0.25) is 0 Å². The van der Waals surface area contributed by atoms with Crippen LogP contribution in [0, 0.1) is 18.3 Å². The number of fused-ring (bicyclic) bond motifs is 1. The number of hydrogen-bond acceptors (Lipinski definition) is 6. The number of nitrogens with zero attached hydrogens (tertiary/aromatic N) is 2. The molecule has 0 bridgehead atoms. The van der Waals surface area contributed by atoms with Gasteiger partial charge in [-0.2, -0.15) is 5.26 Å². The van der Waals surface area contributed by atoms with Crippen LogP contribution in [0.25, 0.3) is 27.8 Å². The Morgan fingerprint density at radius 3 is 2.82 bits per heavy atom. The van der Waals surface area contributed by atoms with E-state index in [0.717, 1.165) is 22.2 Å². The number of benzene rings is 2. The van der Waals surface area contributed by atoms with Gasteiger partial charge in [0, 0.05) is 40.3 Å². The predicted molar refractivity (Wildman–Crippen MR) is 112 cm³/mol. The van der Waals surface area contributed by atoms with Crippen molar-refractivity contribution in [2.75, 3.05) is 5.32 Å². The first-order valence-corrected chi connectivity index (χ1v) is 9.44. The lowest BCUT2D eigenvalue weighted by atomic mass is 10.1. The highest BCUT2D eigenvalue weighted by molar-refractivity contribution is 7.11. The molecule has 28 heavy (non-hydrogen) atoms. The van der Waals surface area contributed by atoms with Crippen molar-refractivity contribution >= 4 is 33.6 Å². The van der Waals surface area contributed by atoms with E-state index in [2.05, 4.69) is 16.4 Å². The van der Waals surface area contributed by atoms with Gasteiger partial charge in [-0.25, -0.2) is 9.78 Å². The van der Waals surface area contributed by atoms with Gasteiger partial charge in [-0.1, -0.05) is 30.3 Å². The molecule has 4 aromatic rings. The Morgan fingerprint density at radius 2 is 2.04 bits per heavy atom. The minimum absolute atomic E-state index is 0.383. The van der Waals surface area contributed by atoms with Crippen LogP contribution in [0.15, 0.2) is 75.4 Å². The summed E-state index contributed by atoms with van der Waals surface area (Å²) >= 11 is 1.42. The molecule has 0 aliphatic rings. The van der Waals surface area contributed by atoms with Gasteiger partial charge >= 0.3 is 5.63 Å². The lowest BCUT2D eigenvalue weighted by Crippen LogP contribution is -1.98. The van der Waals surface area contributed by atoms with Crippen molar-refractivity contribution < 1.29 is 4.42 Å². The Labute approximate surface area is 165 Å². The second-order valence-corrected chi connectivity index (χ2v) is 7.04. The molecule has 0 fully saturated rings. The predicted octanol–water partition coefficient (Wildman–Crippen LogP) is 5.20. The maximum atomic E-state index is 11.6. The molecule has 0 atom stereocenters.